The average Bonchev–Trinajstić information content (AvgIpc) is 2.64. The summed E-state index contributed by atoms with van der Waals surface area (Å²) in [5.41, 5.74) is 2.93. The maximum absolute atomic E-state index is 12.4. The van der Waals surface area contributed by atoms with E-state index in [9.17, 15) is 10.1 Å². The minimum absolute atomic E-state index is 0.0577. The molecular formula is C23H23NO2. The summed E-state index contributed by atoms with van der Waals surface area (Å²) in [5, 5.41) is 9.49. The third-order valence-electron chi connectivity index (χ3n) is 4.30. The molecule has 26 heavy (non-hydrogen) atoms. The summed E-state index contributed by atoms with van der Waals surface area (Å²) in [6, 6.07) is 19.8. The first-order chi connectivity index (χ1) is 12.5. The van der Waals surface area contributed by atoms with Gasteiger partial charge in [0.2, 0.25) is 6.10 Å². The monoisotopic (exact) mass is 345 g/mol. The second-order valence-electron chi connectivity index (χ2n) is 6.61. The molecule has 2 aromatic carbocycles. The molecule has 3 nitrogen and oxygen atoms in total. The quantitative estimate of drug-likeness (QED) is 0.541. The third kappa shape index (κ3) is 5.23. The molecule has 0 aliphatic heterocycles. The average molecular weight is 345 g/mol. The summed E-state index contributed by atoms with van der Waals surface area (Å²) in [6.45, 7) is 3.84. The highest BCUT2D eigenvalue weighted by Crippen LogP contribution is 2.24. The van der Waals surface area contributed by atoms with Crippen LogP contribution in [0.1, 0.15) is 43.1 Å². The fourth-order valence-electron chi connectivity index (χ4n) is 2.79. The Morgan fingerprint density at radius 1 is 1.12 bits per heavy atom. The standard InChI is InChI=1S/C23H23NO2/c1-4-9-21(17(2)3)23(25)26-22(16-24)20-13-8-12-19(15-20)14-18-10-6-5-7-11-18/h1,5-8,10-13,15,17,21-22H,9,14H2,2-3H3. The number of ether oxygens (including phenoxy) is 1. The smallest absolute Gasteiger partial charge is 0.311 e. The van der Waals surface area contributed by atoms with Gasteiger partial charge in [-0.05, 0) is 23.5 Å². The van der Waals surface area contributed by atoms with Gasteiger partial charge < -0.3 is 4.74 Å². The molecule has 2 unspecified atom stereocenters. The largest absolute Gasteiger partial charge is 0.442 e. The van der Waals surface area contributed by atoms with Crippen molar-refractivity contribution in [3.63, 3.8) is 0 Å². The van der Waals surface area contributed by atoms with Crippen LogP contribution in [0, 0.1) is 35.5 Å². The number of terminal acetylenes is 1. The Morgan fingerprint density at radius 2 is 1.81 bits per heavy atom. The van der Waals surface area contributed by atoms with E-state index in [2.05, 4.69) is 24.1 Å². The van der Waals surface area contributed by atoms with E-state index in [1.165, 1.54) is 5.56 Å². The van der Waals surface area contributed by atoms with E-state index in [0.29, 0.717) is 12.0 Å². The van der Waals surface area contributed by atoms with Crippen LogP contribution in [-0.2, 0) is 16.0 Å². The van der Waals surface area contributed by atoms with Crippen molar-refractivity contribution in [1.29, 1.82) is 5.26 Å². The van der Waals surface area contributed by atoms with Crippen LogP contribution in [0.25, 0.3) is 0 Å². The number of rotatable bonds is 7. The summed E-state index contributed by atoms with van der Waals surface area (Å²) in [7, 11) is 0. The second kappa shape index (κ2) is 9.44. The molecule has 0 aliphatic carbocycles. The minimum atomic E-state index is -0.933. The molecular weight excluding hydrogens is 322 g/mol. The zero-order valence-corrected chi connectivity index (χ0v) is 15.2. The van der Waals surface area contributed by atoms with Crippen LogP contribution in [0.15, 0.2) is 54.6 Å². The molecule has 0 spiro atoms. The van der Waals surface area contributed by atoms with Gasteiger partial charge in [0.1, 0.15) is 6.07 Å². The molecule has 0 heterocycles. The van der Waals surface area contributed by atoms with Gasteiger partial charge in [0.05, 0.1) is 5.92 Å². The molecule has 0 aromatic heterocycles. The first-order valence-corrected chi connectivity index (χ1v) is 8.71. The van der Waals surface area contributed by atoms with Crippen LogP contribution in [-0.4, -0.2) is 5.97 Å². The Labute approximate surface area is 155 Å². The molecule has 2 aromatic rings. The van der Waals surface area contributed by atoms with E-state index in [-0.39, 0.29) is 5.92 Å². The zero-order chi connectivity index (χ0) is 18.9. The van der Waals surface area contributed by atoms with Crippen LogP contribution in [0.5, 0.6) is 0 Å². The summed E-state index contributed by atoms with van der Waals surface area (Å²) in [6.07, 6.45) is 5.48. The van der Waals surface area contributed by atoms with Crippen LogP contribution < -0.4 is 0 Å². The molecule has 0 bridgehead atoms. The van der Waals surface area contributed by atoms with Gasteiger partial charge in [-0.1, -0.05) is 68.4 Å². The van der Waals surface area contributed by atoms with Gasteiger partial charge >= 0.3 is 5.97 Å². The van der Waals surface area contributed by atoms with Crippen molar-refractivity contribution in [3.8, 4) is 18.4 Å². The number of carbonyl (C=O) groups excluding carboxylic acids is 1. The molecule has 0 N–H and O–H groups in total. The highest BCUT2D eigenvalue weighted by Gasteiger charge is 2.26. The Balaban J connectivity index is 2.15. The summed E-state index contributed by atoms with van der Waals surface area (Å²) >= 11 is 0. The van der Waals surface area contributed by atoms with E-state index >= 15 is 0 Å². The van der Waals surface area contributed by atoms with E-state index in [1.54, 1.807) is 6.07 Å². The normalized spacial score (nSPS) is 12.7. The van der Waals surface area contributed by atoms with Crippen molar-refractivity contribution in [2.45, 2.75) is 32.8 Å². The van der Waals surface area contributed by atoms with Crippen LogP contribution in [0.4, 0.5) is 0 Å². The van der Waals surface area contributed by atoms with Crippen molar-refractivity contribution in [3.05, 3.63) is 71.3 Å². The van der Waals surface area contributed by atoms with Gasteiger partial charge in [0.25, 0.3) is 0 Å². The Kier molecular flexibility index (Phi) is 7.01. The molecule has 132 valence electrons. The first kappa shape index (κ1) is 19.3. The SMILES string of the molecule is C#CCC(C(=O)OC(C#N)c1cccc(Cc2ccccc2)c1)C(C)C. The maximum atomic E-state index is 12.4. The van der Waals surface area contributed by atoms with Crippen molar-refractivity contribution in [2.75, 3.05) is 0 Å². The minimum Gasteiger partial charge on any atom is -0.442 e. The van der Waals surface area contributed by atoms with Crippen LogP contribution in [0.2, 0.25) is 0 Å². The van der Waals surface area contributed by atoms with E-state index in [1.807, 2.05) is 50.2 Å². The van der Waals surface area contributed by atoms with Crippen LogP contribution >= 0.6 is 0 Å². The number of hydrogen-bond donors (Lipinski definition) is 0. The van der Waals surface area contributed by atoms with E-state index in [4.69, 9.17) is 11.2 Å². The molecule has 3 heteroatoms. The highest BCUT2D eigenvalue weighted by atomic mass is 16.5. The number of hydrogen-bond acceptors (Lipinski definition) is 3. The lowest BCUT2D eigenvalue weighted by Crippen LogP contribution is -2.24. The summed E-state index contributed by atoms with van der Waals surface area (Å²) in [4.78, 5) is 12.4. The fourth-order valence-corrected chi connectivity index (χ4v) is 2.79. The fraction of sp³-hybridized carbons (Fsp3) is 0.304. The first-order valence-electron chi connectivity index (χ1n) is 8.71. The number of benzene rings is 2. The van der Waals surface area contributed by atoms with E-state index < -0.39 is 18.0 Å². The third-order valence-corrected chi connectivity index (χ3v) is 4.30. The lowest BCUT2D eigenvalue weighted by molar-refractivity contribution is -0.153. The topological polar surface area (TPSA) is 50.1 Å². The van der Waals surface area contributed by atoms with Gasteiger partial charge in [0.15, 0.2) is 0 Å². The summed E-state index contributed by atoms with van der Waals surface area (Å²) in [5.74, 6) is 1.75. The van der Waals surface area contributed by atoms with Gasteiger partial charge in [-0.3, -0.25) is 4.79 Å². The van der Waals surface area contributed by atoms with Crippen molar-refractivity contribution >= 4 is 5.97 Å². The summed E-state index contributed by atoms with van der Waals surface area (Å²) < 4.78 is 5.47. The number of carbonyl (C=O) groups is 1. The number of esters is 1. The predicted octanol–water partition coefficient (Wildman–Crippen LogP) is 4.68. The predicted molar refractivity (Wildman–Crippen MR) is 102 cm³/mol. The molecule has 2 atom stereocenters. The number of nitrogens with zero attached hydrogens (tertiary/aromatic N) is 1. The molecule has 0 amide bonds. The highest BCUT2D eigenvalue weighted by molar-refractivity contribution is 5.73. The zero-order valence-electron chi connectivity index (χ0n) is 15.2. The lowest BCUT2D eigenvalue weighted by Gasteiger charge is -2.19. The van der Waals surface area contributed by atoms with Gasteiger partial charge in [-0.2, -0.15) is 5.26 Å². The lowest BCUT2D eigenvalue weighted by atomic mass is 9.93. The Morgan fingerprint density at radius 3 is 2.42 bits per heavy atom. The van der Waals surface area contributed by atoms with Gasteiger partial charge in [0, 0.05) is 12.0 Å². The Bertz CT molecular complexity index is 812. The molecule has 0 radical (unpaired) electrons. The van der Waals surface area contributed by atoms with Crippen molar-refractivity contribution in [2.24, 2.45) is 11.8 Å². The van der Waals surface area contributed by atoms with Gasteiger partial charge in [-0.25, -0.2) is 0 Å². The Hall–Kier alpha value is -3.04. The molecule has 0 saturated heterocycles. The second-order valence-corrected chi connectivity index (χ2v) is 6.61. The molecule has 0 aliphatic rings. The maximum Gasteiger partial charge on any atom is 0.311 e. The van der Waals surface area contributed by atoms with Crippen molar-refractivity contribution < 1.29 is 9.53 Å². The van der Waals surface area contributed by atoms with E-state index in [0.717, 1.165) is 12.0 Å². The van der Waals surface area contributed by atoms with Crippen molar-refractivity contribution in [1.82, 2.24) is 0 Å². The van der Waals surface area contributed by atoms with Gasteiger partial charge in [-0.15, -0.1) is 12.3 Å². The molecule has 0 fully saturated rings. The number of nitriles is 1. The molecule has 0 saturated carbocycles. The van der Waals surface area contributed by atoms with Crippen LogP contribution in [0.3, 0.4) is 0 Å². The molecule has 2 rings (SSSR count).